The second kappa shape index (κ2) is 7.57. The van der Waals surface area contributed by atoms with Gasteiger partial charge >= 0.3 is 0 Å². The van der Waals surface area contributed by atoms with E-state index in [9.17, 15) is 5.11 Å². The lowest BCUT2D eigenvalue weighted by atomic mass is 10.1. The van der Waals surface area contributed by atoms with Gasteiger partial charge in [0.2, 0.25) is 0 Å². The number of aromatic hydroxyl groups is 1. The molecule has 31 heavy (non-hydrogen) atoms. The molecule has 2 aromatic heterocycles. The Morgan fingerprint density at radius 2 is 1.68 bits per heavy atom. The summed E-state index contributed by atoms with van der Waals surface area (Å²) in [5.41, 5.74) is 5.43. The third-order valence-corrected chi connectivity index (χ3v) is 5.27. The summed E-state index contributed by atoms with van der Waals surface area (Å²) in [6.07, 6.45) is 1.82. The van der Waals surface area contributed by atoms with Gasteiger partial charge in [-0.1, -0.05) is 17.3 Å². The van der Waals surface area contributed by atoms with E-state index in [1.807, 2.05) is 48.7 Å². The Labute approximate surface area is 179 Å². The van der Waals surface area contributed by atoms with Gasteiger partial charge in [-0.2, -0.15) is 0 Å². The molecule has 2 heterocycles. The summed E-state index contributed by atoms with van der Waals surface area (Å²) in [6.45, 7) is 4.16. The van der Waals surface area contributed by atoms with Crippen LogP contribution in [0.3, 0.4) is 0 Å². The maximum absolute atomic E-state index is 9.46. The summed E-state index contributed by atoms with van der Waals surface area (Å²) in [6, 6.07) is 22.6. The average Bonchev–Trinajstić information content (AvgIpc) is 3.27. The van der Waals surface area contributed by atoms with Crippen LogP contribution in [0, 0.1) is 13.8 Å². The zero-order chi connectivity index (χ0) is 21.4. The molecule has 5 aromatic rings. The SMILES string of the molecule is Cc1ccc(Oc2cccc3nc(-c4cn(-c5ccc(O)cc5)nn4)ccc23)cc1C. The fourth-order valence-electron chi connectivity index (χ4n) is 3.38. The van der Waals surface area contributed by atoms with Gasteiger partial charge in [-0.05, 0) is 85.6 Å². The van der Waals surface area contributed by atoms with Crippen molar-refractivity contribution < 1.29 is 9.84 Å². The van der Waals surface area contributed by atoms with Crippen LogP contribution in [0.25, 0.3) is 28.0 Å². The maximum Gasteiger partial charge on any atom is 0.136 e. The Morgan fingerprint density at radius 3 is 2.48 bits per heavy atom. The average molecular weight is 408 g/mol. The van der Waals surface area contributed by atoms with Gasteiger partial charge in [0.05, 0.1) is 23.1 Å². The quantitative estimate of drug-likeness (QED) is 0.419. The summed E-state index contributed by atoms with van der Waals surface area (Å²) < 4.78 is 7.80. The van der Waals surface area contributed by atoms with Crippen LogP contribution in [0.15, 0.2) is 79.0 Å². The van der Waals surface area contributed by atoms with E-state index >= 15 is 0 Å². The predicted molar refractivity (Wildman–Crippen MR) is 120 cm³/mol. The van der Waals surface area contributed by atoms with Gasteiger partial charge in [-0.25, -0.2) is 9.67 Å². The fourth-order valence-corrected chi connectivity index (χ4v) is 3.38. The van der Waals surface area contributed by atoms with Crippen molar-refractivity contribution in [1.29, 1.82) is 0 Å². The second-order valence-corrected chi connectivity index (χ2v) is 7.43. The molecule has 0 amide bonds. The lowest BCUT2D eigenvalue weighted by Gasteiger charge is -2.10. The minimum atomic E-state index is 0.208. The molecule has 5 rings (SSSR count). The number of benzene rings is 3. The number of pyridine rings is 1. The van der Waals surface area contributed by atoms with E-state index in [2.05, 4.69) is 30.2 Å². The Balaban J connectivity index is 1.47. The number of aryl methyl sites for hydroxylation is 2. The van der Waals surface area contributed by atoms with Crippen molar-refractivity contribution in [2.24, 2.45) is 0 Å². The molecule has 0 spiro atoms. The molecule has 1 N–H and O–H groups in total. The molecule has 0 unspecified atom stereocenters. The molecule has 0 radical (unpaired) electrons. The number of hydrogen-bond donors (Lipinski definition) is 1. The molecular formula is C25H20N4O2. The van der Waals surface area contributed by atoms with E-state index < -0.39 is 0 Å². The molecule has 0 aliphatic heterocycles. The molecule has 3 aromatic carbocycles. The van der Waals surface area contributed by atoms with Crippen LogP contribution in [0.5, 0.6) is 17.2 Å². The highest BCUT2D eigenvalue weighted by atomic mass is 16.5. The number of phenolic OH excluding ortho intramolecular Hbond substituents is 1. The van der Waals surface area contributed by atoms with E-state index in [4.69, 9.17) is 9.72 Å². The van der Waals surface area contributed by atoms with Crippen molar-refractivity contribution in [3.8, 4) is 34.3 Å². The molecule has 6 nitrogen and oxygen atoms in total. The first-order chi connectivity index (χ1) is 15.1. The minimum Gasteiger partial charge on any atom is -0.508 e. The lowest BCUT2D eigenvalue weighted by molar-refractivity contribution is 0.475. The smallest absolute Gasteiger partial charge is 0.136 e. The molecular weight excluding hydrogens is 388 g/mol. The largest absolute Gasteiger partial charge is 0.508 e. The van der Waals surface area contributed by atoms with Crippen molar-refractivity contribution in [2.45, 2.75) is 13.8 Å². The number of ether oxygens (including phenoxy) is 1. The van der Waals surface area contributed by atoms with Crippen molar-refractivity contribution in [1.82, 2.24) is 20.0 Å². The summed E-state index contributed by atoms with van der Waals surface area (Å²) in [5, 5.41) is 18.8. The first-order valence-electron chi connectivity index (χ1n) is 9.94. The van der Waals surface area contributed by atoms with E-state index in [-0.39, 0.29) is 5.75 Å². The molecule has 0 saturated carbocycles. The second-order valence-electron chi connectivity index (χ2n) is 7.43. The molecule has 0 fully saturated rings. The highest BCUT2D eigenvalue weighted by Crippen LogP contribution is 2.31. The molecule has 152 valence electrons. The minimum absolute atomic E-state index is 0.208. The first kappa shape index (κ1) is 18.8. The number of fused-ring (bicyclic) bond motifs is 1. The van der Waals surface area contributed by atoms with E-state index in [0.717, 1.165) is 33.8 Å². The van der Waals surface area contributed by atoms with Crippen LogP contribution < -0.4 is 4.74 Å². The molecule has 0 saturated heterocycles. The standard InChI is InChI=1S/C25H20N4O2/c1-16-6-11-20(14-17(16)2)31-25-5-3-4-22-21(25)12-13-23(26-22)24-15-29(28-27-24)18-7-9-19(30)10-8-18/h3-15,30H,1-2H3. The van der Waals surface area contributed by atoms with E-state index in [0.29, 0.717) is 5.69 Å². The fraction of sp³-hybridized carbons (Fsp3) is 0.0800. The number of hydrogen-bond acceptors (Lipinski definition) is 5. The Bertz CT molecular complexity index is 1390. The number of rotatable bonds is 4. The molecule has 0 aliphatic carbocycles. The monoisotopic (exact) mass is 408 g/mol. The van der Waals surface area contributed by atoms with Gasteiger partial charge < -0.3 is 9.84 Å². The van der Waals surface area contributed by atoms with Gasteiger partial charge in [0.15, 0.2) is 0 Å². The first-order valence-corrected chi connectivity index (χ1v) is 9.94. The number of aromatic nitrogens is 4. The van der Waals surface area contributed by atoms with Gasteiger partial charge in [0.1, 0.15) is 22.9 Å². The molecule has 0 aliphatic rings. The third-order valence-electron chi connectivity index (χ3n) is 5.27. The highest BCUT2D eigenvalue weighted by Gasteiger charge is 2.11. The Morgan fingerprint density at radius 1 is 0.839 bits per heavy atom. The summed E-state index contributed by atoms with van der Waals surface area (Å²) in [4.78, 5) is 4.76. The zero-order valence-corrected chi connectivity index (χ0v) is 17.1. The van der Waals surface area contributed by atoms with Crippen LogP contribution >= 0.6 is 0 Å². The van der Waals surface area contributed by atoms with Gasteiger partial charge in [-0.15, -0.1) is 5.10 Å². The van der Waals surface area contributed by atoms with Crippen LogP contribution in [0.1, 0.15) is 11.1 Å². The van der Waals surface area contributed by atoms with Crippen molar-refractivity contribution in [3.63, 3.8) is 0 Å². The van der Waals surface area contributed by atoms with Gasteiger partial charge in [0.25, 0.3) is 0 Å². The van der Waals surface area contributed by atoms with Gasteiger partial charge in [-0.3, -0.25) is 0 Å². The van der Waals surface area contributed by atoms with Crippen molar-refractivity contribution in [2.75, 3.05) is 0 Å². The molecule has 6 heteroatoms. The van der Waals surface area contributed by atoms with Crippen LogP contribution in [-0.2, 0) is 0 Å². The van der Waals surface area contributed by atoms with Crippen LogP contribution in [0.4, 0.5) is 0 Å². The Hall–Kier alpha value is -4.19. The van der Waals surface area contributed by atoms with E-state index in [1.165, 1.54) is 11.1 Å². The summed E-state index contributed by atoms with van der Waals surface area (Å²) in [7, 11) is 0. The maximum atomic E-state index is 9.46. The normalized spacial score (nSPS) is 11.0. The number of nitrogens with zero attached hydrogens (tertiary/aromatic N) is 4. The predicted octanol–water partition coefficient (Wildman–Crippen LogP) is 5.60. The van der Waals surface area contributed by atoms with Crippen LogP contribution in [0.2, 0.25) is 0 Å². The third kappa shape index (κ3) is 3.71. The van der Waals surface area contributed by atoms with Crippen molar-refractivity contribution in [3.05, 3.63) is 90.1 Å². The van der Waals surface area contributed by atoms with Crippen LogP contribution in [-0.4, -0.2) is 25.1 Å². The number of phenols is 1. The van der Waals surface area contributed by atoms with Crippen molar-refractivity contribution >= 4 is 10.9 Å². The summed E-state index contributed by atoms with van der Waals surface area (Å²) in [5.74, 6) is 1.77. The van der Waals surface area contributed by atoms with Gasteiger partial charge in [0, 0.05) is 5.39 Å². The Kier molecular flexibility index (Phi) is 4.59. The highest BCUT2D eigenvalue weighted by molar-refractivity contribution is 5.87. The topological polar surface area (TPSA) is 73.1 Å². The van der Waals surface area contributed by atoms with E-state index in [1.54, 1.807) is 28.9 Å². The lowest BCUT2D eigenvalue weighted by Crippen LogP contribution is -1.93. The zero-order valence-electron chi connectivity index (χ0n) is 17.1. The molecule has 0 bridgehead atoms. The summed E-state index contributed by atoms with van der Waals surface area (Å²) >= 11 is 0. The molecule has 0 atom stereocenters.